The number of aromatic nitrogens is 1. The maximum Gasteiger partial charge on any atom is 0.248 e. The van der Waals surface area contributed by atoms with Gasteiger partial charge in [-0.05, 0) is 38.0 Å². The van der Waals surface area contributed by atoms with Gasteiger partial charge in [0, 0.05) is 16.1 Å². The number of carbonyl (C=O) groups is 1. The number of carbonyl (C=O) groups excluding carboxylic acids is 1. The summed E-state index contributed by atoms with van der Waals surface area (Å²) in [5.74, 6) is -0.0915. The van der Waals surface area contributed by atoms with Crippen molar-refractivity contribution < 1.29 is 4.79 Å². The maximum atomic E-state index is 12.3. The summed E-state index contributed by atoms with van der Waals surface area (Å²) in [6, 6.07) is 5.30. The topological polar surface area (TPSA) is 54.0 Å². The highest BCUT2D eigenvalue weighted by atomic mass is 35.5. The smallest absolute Gasteiger partial charge is 0.248 e. The fourth-order valence-electron chi connectivity index (χ4n) is 1.91. The first kappa shape index (κ1) is 15.8. The van der Waals surface area contributed by atoms with Gasteiger partial charge in [0.1, 0.15) is 6.04 Å². The zero-order valence-corrected chi connectivity index (χ0v) is 13.8. The van der Waals surface area contributed by atoms with Gasteiger partial charge in [0.05, 0.1) is 5.69 Å². The Bertz CT molecular complexity index is 642. The third-order valence-corrected chi connectivity index (χ3v) is 4.46. The maximum absolute atomic E-state index is 12.3. The molecule has 2 aromatic rings. The lowest BCUT2D eigenvalue weighted by Gasteiger charge is -2.19. The van der Waals surface area contributed by atoms with E-state index in [0.717, 1.165) is 16.9 Å². The molecular weight excluding hydrogens is 306 g/mol. The Balaban J connectivity index is 2.08. The van der Waals surface area contributed by atoms with Gasteiger partial charge in [0.15, 0.2) is 5.13 Å². The van der Waals surface area contributed by atoms with Crippen LogP contribution < -0.4 is 10.6 Å². The molecular formula is C15H18ClN3OS. The normalized spacial score (nSPS) is 12.0. The molecule has 6 heteroatoms. The molecule has 0 fully saturated rings. The minimum atomic E-state index is -0.327. The van der Waals surface area contributed by atoms with Crippen LogP contribution in [0.15, 0.2) is 23.6 Å². The number of hydrogen-bond acceptors (Lipinski definition) is 4. The second-order valence-corrected chi connectivity index (χ2v) is 6.07. The molecule has 0 bridgehead atoms. The molecule has 21 heavy (non-hydrogen) atoms. The molecule has 0 aliphatic carbocycles. The van der Waals surface area contributed by atoms with E-state index in [2.05, 4.69) is 15.6 Å². The zero-order valence-electron chi connectivity index (χ0n) is 12.2. The highest BCUT2D eigenvalue weighted by Crippen LogP contribution is 2.24. The predicted molar refractivity (Wildman–Crippen MR) is 89.4 cm³/mol. The second-order valence-electron chi connectivity index (χ2n) is 4.80. The molecule has 1 atom stereocenters. The van der Waals surface area contributed by atoms with Gasteiger partial charge in [0.2, 0.25) is 5.91 Å². The van der Waals surface area contributed by atoms with Crippen molar-refractivity contribution in [3.05, 3.63) is 39.9 Å². The van der Waals surface area contributed by atoms with Gasteiger partial charge in [-0.25, -0.2) is 4.98 Å². The first-order valence-electron chi connectivity index (χ1n) is 6.76. The standard InChI is InChI=1S/C15H18ClN3OS/c1-4-12(14(20)19-15-17-9(2)8-21-15)18-13-7-5-6-11(16)10(13)3/h5-8,12,18H,4H2,1-3H3,(H,17,19,20)/t12-/m0/s1. The molecule has 0 aliphatic heterocycles. The van der Waals surface area contributed by atoms with E-state index in [1.165, 1.54) is 11.3 Å². The summed E-state index contributed by atoms with van der Waals surface area (Å²) < 4.78 is 0. The number of thiazole rings is 1. The van der Waals surface area contributed by atoms with Gasteiger partial charge in [-0.15, -0.1) is 11.3 Å². The van der Waals surface area contributed by atoms with Gasteiger partial charge < -0.3 is 10.6 Å². The van der Waals surface area contributed by atoms with Crippen LogP contribution in [-0.4, -0.2) is 16.9 Å². The van der Waals surface area contributed by atoms with Crippen LogP contribution in [0.2, 0.25) is 5.02 Å². The quantitative estimate of drug-likeness (QED) is 0.865. The third-order valence-electron chi connectivity index (χ3n) is 3.17. The van der Waals surface area contributed by atoms with Crippen LogP contribution in [0.1, 0.15) is 24.6 Å². The number of nitrogens with one attached hydrogen (secondary N) is 2. The molecule has 0 unspecified atom stereocenters. The molecule has 1 heterocycles. The Labute approximate surface area is 133 Å². The number of hydrogen-bond donors (Lipinski definition) is 2. The Hall–Kier alpha value is -1.59. The second kappa shape index (κ2) is 6.91. The Morgan fingerprint density at radius 1 is 1.43 bits per heavy atom. The lowest BCUT2D eigenvalue weighted by molar-refractivity contribution is -0.116. The van der Waals surface area contributed by atoms with Crippen molar-refractivity contribution in [3.8, 4) is 0 Å². The highest BCUT2D eigenvalue weighted by molar-refractivity contribution is 7.13. The number of anilines is 2. The number of nitrogens with zero attached hydrogens (tertiary/aromatic N) is 1. The summed E-state index contributed by atoms with van der Waals surface area (Å²) in [4.78, 5) is 16.6. The number of rotatable bonds is 5. The lowest BCUT2D eigenvalue weighted by atomic mass is 10.1. The summed E-state index contributed by atoms with van der Waals surface area (Å²) >= 11 is 7.53. The van der Waals surface area contributed by atoms with Crippen molar-refractivity contribution in [3.63, 3.8) is 0 Å². The van der Waals surface area contributed by atoms with Crippen LogP contribution >= 0.6 is 22.9 Å². The number of amides is 1. The molecule has 0 spiro atoms. The van der Waals surface area contributed by atoms with Crippen molar-refractivity contribution >= 4 is 39.7 Å². The van der Waals surface area contributed by atoms with Gasteiger partial charge in [0.25, 0.3) is 0 Å². The van der Waals surface area contributed by atoms with Crippen molar-refractivity contribution in [1.29, 1.82) is 0 Å². The molecule has 0 aliphatic rings. The molecule has 0 radical (unpaired) electrons. The highest BCUT2D eigenvalue weighted by Gasteiger charge is 2.18. The van der Waals surface area contributed by atoms with Gasteiger partial charge in [-0.2, -0.15) is 0 Å². The van der Waals surface area contributed by atoms with E-state index in [1.54, 1.807) is 0 Å². The monoisotopic (exact) mass is 323 g/mol. The number of aryl methyl sites for hydroxylation is 1. The SMILES string of the molecule is CC[C@H](Nc1cccc(Cl)c1C)C(=O)Nc1nc(C)cs1. The third kappa shape index (κ3) is 3.95. The van der Waals surface area contributed by atoms with Crippen LogP contribution in [0.5, 0.6) is 0 Å². The van der Waals surface area contributed by atoms with Crippen LogP contribution in [0, 0.1) is 13.8 Å². The average molecular weight is 324 g/mol. The average Bonchev–Trinajstić information content (AvgIpc) is 2.85. The minimum Gasteiger partial charge on any atom is -0.373 e. The summed E-state index contributed by atoms with van der Waals surface area (Å²) in [5, 5.41) is 9.31. The zero-order chi connectivity index (χ0) is 15.4. The van der Waals surface area contributed by atoms with E-state index in [-0.39, 0.29) is 11.9 Å². The summed E-state index contributed by atoms with van der Waals surface area (Å²) in [7, 11) is 0. The van der Waals surface area contributed by atoms with Gasteiger partial charge >= 0.3 is 0 Å². The summed E-state index contributed by atoms with van der Waals surface area (Å²) in [6.45, 7) is 5.79. The van der Waals surface area contributed by atoms with Crippen molar-refractivity contribution in [2.75, 3.05) is 10.6 Å². The first-order chi connectivity index (χ1) is 10.0. The minimum absolute atomic E-state index is 0.0915. The van der Waals surface area contributed by atoms with Gasteiger partial charge in [-0.1, -0.05) is 24.6 Å². The Morgan fingerprint density at radius 3 is 2.81 bits per heavy atom. The van der Waals surface area contributed by atoms with Crippen molar-refractivity contribution in [2.24, 2.45) is 0 Å². The molecule has 1 amide bonds. The van der Waals surface area contributed by atoms with E-state index >= 15 is 0 Å². The van der Waals surface area contributed by atoms with Crippen molar-refractivity contribution in [1.82, 2.24) is 4.98 Å². The first-order valence-corrected chi connectivity index (χ1v) is 8.01. The molecule has 0 saturated carbocycles. The predicted octanol–water partition coefficient (Wildman–Crippen LogP) is 4.24. The summed E-state index contributed by atoms with van der Waals surface area (Å²) in [6.07, 6.45) is 0.669. The Kier molecular flexibility index (Phi) is 5.20. The van der Waals surface area contributed by atoms with Gasteiger partial charge in [-0.3, -0.25) is 4.79 Å². The number of halogens is 1. The van der Waals surface area contributed by atoms with Crippen LogP contribution in [0.3, 0.4) is 0 Å². The Morgan fingerprint density at radius 2 is 2.19 bits per heavy atom. The fourth-order valence-corrected chi connectivity index (χ4v) is 2.77. The number of benzene rings is 1. The van der Waals surface area contributed by atoms with Crippen LogP contribution in [0.4, 0.5) is 10.8 Å². The fraction of sp³-hybridized carbons (Fsp3) is 0.333. The van der Waals surface area contributed by atoms with Crippen LogP contribution in [0.25, 0.3) is 0 Å². The molecule has 2 rings (SSSR count). The molecule has 1 aromatic heterocycles. The van der Waals surface area contributed by atoms with E-state index in [4.69, 9.17) is 11.6 Å². The van der Waals surface area contributed by atoms with Crippen LogP contribution in [-0.2, 0) is 4.79 Å². The molecule has 4 nitrogen and oxygen atoms in total. The largest absolute Gasteiger partial charge is 0.373 e. The molecule has 112 valence electrons. The van der Waals surface area contributed by atoms with Crippen molar-refractivity contribution in [2.45, 2.75) is 33.2 Å². The molecule has 0 saturated heterocycles. The molecule has 2 N–H and O–H groups in total. The molecule has 1 aromatic carbocycles. The van der Waals surface area contributed by atoms with E-state index < -0.39 is 0 Å². The lowest BCUT2D eigenvalue weighted by Crippen LogP contribution is -2.34. The summed E-state index contributed by atoms with van der Waals surface area (Å²) in [5.41, 5.74) is 2.72. The van der Waals surface area contributed by atoms with E-state index in [0.29, 0.717) is 16.6 Å². The van der Waals surface area contributed by atoms with E-state index in [1.807, 2.05) is 44.4 Å². The van der Waals surface area contributed by atoms with E-state index in [9.17, 15) is 4.79 Å².